The summed E-state index contributed by atoms with van der Waals surface area (Å²) in [5.41, 5.74) is 10.8. The topological polar surface area (TPSA) is 0 Å². The highest BCUT2D eigenvalue weighted by molar-refractivity contribution is 6.31. The Kier molecular flexibility index (Phi) is 8.59. The maximum atomic E-state index is 2.52. The van der Waals surface area contributed by atoms with Crippen molar-refractivity contribution in [1.29, 1.82) is 0 Å². The molecule has 0 N–H and O–H groups in total. The molecule has 0 bridgehead atoms. The fourth-order valence-corrected chi connectivity index (χ4v) is 10.2. The van der Waals surface area contributed by atoms with Crippen molar-refractivity contribution in [2.75, 3.05) is 0 Å². The van der Waals surface area contributed by atoms with E-state index in [-0.39, 0.29) is 16.2 Å². The van der Waals surface area contributed by atoms with Crippen molar-refractivity contribution >= 4 is 75.4 Å². The molecule has 0 aliphatic rings. The van der Waals surface area contributed by atoms with E-state index < -0.39 is 0 Å². The van der Waals surface area contributed by atoms with Gasteiger partial charge in [0.05, 0.1) is 0 Å². The van der Waals surface area contributed by atoms with Crippen LogP contribution in [0.3, 0.4) is 0 Å². The summed E-state index contributed by atoms with van der Waals surface area (Å²) in [4.78, 5) is 0. The van der Waals surface area contributed by atoms with Gasteiger partial charge in [-0.25, -0.2) is 0 Å². The van der Waals surface area contributed by atoms with Crippen LogP contribution in [0.25, 0.3) is 97.7 Å². The normalized spacial score (nSPS) is 13.1. The first-order valence-corrected chi connectivity index (χ1v) is 22.2. The van der Waals surface area contributed by atoms with Crippen LogP contribution >= 0.6 is 0 Å². The molecular formula is C60H58. The van der Waals surface area contributed by atoms with Gasteiger partial charge in [-0.05, 0) is 167 Å². The monoisotopic (exact) mass is 778 g/mol. The highest BCUT2D eigenvalue weighted by Crippen LogP contribution is 2.50. The summed E-state index contributed by atoms with van der Waals surface area (Å²) in [5.74, 6) is 0.614. The van der Waals surface area contributed by atoms with Gasteiger partial charge in [-0.1, -0.05) is 191 Å². The second-order valence-electron chi connectivity index (χ2n) is 21.3. The smallest absolute Gasteiger partial charge is 0.00198 e. The van der Waals surface area contributed by atoms with E-state index in [1.165, 1.54) is 120 Å². The van der Waals surface area contributed by atoms with Gasteiger partial charge >= 0.3 is 0 Å². The summed E-state index contributed by atoms with van der Waals surface area (Å²) in [6.45, 7) is 25.6. The van der Waals surface area contributed by atoms with Gasteiger partial charge in [-0.3, -0.25) is 0 Å². The Hall–Kier alpha value is -5.72. The summed E-state index contributed by atoms with van der Waals surface area (Å²) in [6, 6.07) is 52.6. The van der Waals surface area contributed by atoms with Crippen molar-refractivity contribution in [3.05, 3.63) is 156 Å². The van der Waals surface area contributed by atoms with Crippen LogP contribution in [0.4, 0.5) is 0 Å². The molecule has 0 radical (unpaired) electrons. The average Bonchev–Trinajstić information content (AvgIpc) is 3.19. The Balaban J connectivity index is 1.34. The minimum absolute atomic E-state index is 0.0187. The molecule has 0 aromatic heterocycles. The molecule has 10 aromatic rings. The molecule has 298 valence electrons. The van der Waals surface area contributed by atoms with E-state index in [9.17, 15) is 0 Å². The Morgan fingerprint density at radius 3 is 1.43 bits per heavy atom. The Labute approximate surface area is 356 Å². The molecule has 0 aliphatic carbocycles. The van der Waals surface area contributed by atoms with Gasteiger partial charge in [0.1, 0.15) is 0 Å². The van der Waals surface area contributed by atoms with Crippen molar-refractivity contribution in [1.82, 2.24) is 0 Å². The Morgan fingerprint density at radius 2 is 0.817 bits per heavy atom. The summed E-state index contributed by atoms with van der Waals surface area (Å²) in [7, 11) is 0. The second kappa shape index (κ2) is 13.4. The highest BCUT2D eigenvalue weighted by atomic mass is 14.3. The minimum Gasteiger partial charge on any atom is -0.0625 e. The zero-order valence-corrected chi connectivity index (χ0v) is 37.5. The van der Waals surface area contributed by atoms with Crippen molar-refractivity contribution in [2.45, 2.75) is 98.8 Å². The van der Waals surface area contributed by atoms with Crippen LogP contribution in [0.1, 0.15) is 98.4 Å². The van der Waals surface area contributed by atoms with Crippen molar-refractivity contribution < 1.29 is 0 Å². The molecule has 0 heteroatoms. The van der Waals surface area contributed by atoms with Crippen LogP contribution in [-0.4, -0.2) is 0 Å². The first-order chi connectivity index (χ1) is 28.5. The van der Waals surface area contributed by atoms with Crippen molar-refractivity contribution in [2.24, 2.45) is 5.92 Å². The molecule has 60 heavy (non-hydrogen) atoms. The summed E-state index contributed by atoms with van der Waals surface area (Å²) in [6.07, 6.45) is 1.09. The molecule has 0 amide bonds. The van der Waals surface area contributed by atoms with Crippen LogP contribution in [-0.2, 0) is 22.7 Å². The minimum atomic E-state index is -0.0187. The van der Waals surface area contributed by atoms with E-state index in [1.807, 2.05) is 0 Å². The molecule has 0 unspecified atom stereocenters. The molecule has 0 nitrogen and oxygen atoms in total. The molecule has 10 aromatic carbocycles. The van der Waals surface area contributed by atoms with E-state index in [2.05, 4.69) is 210 Å². The predicted octanol–water partition coefficient (Wildman–Crippen LogP) is 17.6. The largest absolute Gasteiger partial charge is 0.0625 e. The molecule has 0 aliphatic heterocycles. The Morgan fingerprint density at radius 1 is 0.350 bits per heavy atom. The third kappa shape index (κ3) is 6.17. The average molecular weight is 779 g/mol. The van der Waals surface area contributed by atoms with Crippen LogP contribution in [0.15, 0.2) is 133 Å². The van der Waals surface area contributed by atoms with Gasteiger partial charge in [-0.2, -0.15) is 0 Å². The van der Waals surface area contributed by atoms with Crippen LogP contribution in [0.5, 0.6) is 0 Å². The summed E-state index contributed by atoms with van der Waals surface area (Å²) < 4.78 is 0. The lowest BCUT2D eigenvalue weighted by atomic mass is 9.78. The number of fused-ring (bicyclic) bond motifs is 5. The molecule has 0 saturated carbocycles. The Bertz CT molecular complexity index is 3330. The number of benzene rings is 10. The maximum absolute atomic E-state index is 2.52. The van der Waals surface area contributed by atoms with E-state index in [4.69, 9.17) is 0 Å². The molecule has 0 heterocycles. The maximum Gasteiger partial charge on any atom is -0.00198 e. The SMILES string of the molecule is CC(C)Cc1cc2ccc3ccc(-c4c5ccccc5c(-c5cc6ccc(C(C)(C)C)cc6c6cc(C(C)(C)C)ccc56)c5cc(C(C)(C)C)ccc45)c4ccc(c1)c2c34. The lowest BCUT2D eigenvalue weighted by Gasteiger charge is -2.25. The molecule has 0 saturated heterocycles. The van der Waals surface area contributed by atoms with E-state index in [0.29, 0.717) is 5.92 Å². The van der Waals surface area contributed by atoms with Gasteiger partial charge in [0.25, 0.3) is 0 Å². The summed E-state index contributed by atoms with van der Waals surface area (Å²) >= 11 is 0. The van der Waals surface area contributed by atoms with Crippen molar-refractivity contribution in [3.63, 3.8) is 0 Å². The molecular weight excluding hydrogens is 721 g/mol. The molecule has 0 fully saturated rings. The second-order valence-corrected chi connectivity index (χ2v) is 21.3. The lowest BCUT2D eigenvalue weighted by Crippen LogP contribution is -2.11. The van der Waals surface area contributed by atoms with E-state index in [0.717, 1.165) is 6.42 Å². The zero-order valence-electron chi connectivity index (χ0n) is 37.5. The van der Waals surface area contributed by atoms with E-state index >= 15 is 0 Å². The molecule has 10 rings (SSSR count). The quantitative estimate of drug-likeness (QED) is 0.123. The number of hydrogen-bond donors (Lipinski definition) is 0. The molecule has 0 atom stereocenters. The van der Waals surface area contributed by atoms with Gasteiger partial charge < -0.3 is 0 Å². The van der Waals surface area contributed by atoms with Gasteiger partial charge in [-0.15, -0.1) is 0 Å². The summed E-state index contributed by atoms with van der Waals surface area (Å²) in [5, 5.41) is 18.5. The van der Waals surface area contributed by atoms with Crippen LogP contribution < -0.4 is 0 Å². The standard InChI is InChI=1S/C60H58/c1-35(2)28-36-29-39-17-16-37-19-24-48(47-25-20-40(30-36)54(39)55(37)47)56-45-14-12-13-15-46(45)57(53-34-43(60(9,10)11)23-27-49(53)56)52-31-38-18-21-41(58(3,4)5)32-50(38)51-33-42(59(6,7)8)22-26-44(51)52/h12-27,29-35H,28H2,1-11H3. The third-order valence-electron chi connectivity index (χ3n) is 13.4. The first-order valence-electron chi connectivity index (χ1n) is 22.2. The fourth-order valence-electron chi connectivity index (χ4n) is 10.2. The van der Waals surface area contributed by atoms with Gasteiger partial charge in [0.2, 0.25) is 0 Å². The van der Waals surface area contributed by atoms with Crippen LogP contribution in [0, 0.1) is 5.92 Å². The van der Waals surface area contributed by atoms with Crippen LogP contribution in [0.2, 0.25) is 0 Å². The molecule has 0 spiro atoms. The van der Waals surface area contributed by atoms with Gasteiger partial charge in [0, 0.05) is 0 Å². The van der Waals surface area contributed by atoms with Gasteiger partial charge in [0.15, 0.2) is 0 Å². The fraction of sp³-hybridized carbons (Fsp3) is 0.267. The number of hydrogen-bond acceptors (Lipinski definition) is 0. The predicted molar refractivity (Wildman–Crippen MR) is 266 cm³/mol. The number of rotatable bonds is 4. The zero-order chi connectivity index (χ0) is 42.0. The van der Waals surface area contributed by atoms with E-state index in [1.54, 1.807) is 0 Å². The third-order valence-corrected chi connectivity index (χ3v) is 13.4. The first kappa shape index (κ1) is 38.5. The lowest BCUT2D eigenvalue weighted by molar-refractivity contribution is 0.590. The van der Waals surface area contributed by atoms with Crippen molar-refractivity contribution in [3.8, 4) is 22.3 Å². The highest BCUT2D eigenvalue weighted by Gasteiger charge is 2.25.